The minimum Gasteiger partial charge on any atom is -0.310 e. The van der Waals surface area contributed by atoms with Gasteiger partial charge >= 0.3 is 0 Å². The fourth-order valence-electron chi connectivity index (χ4n) is 4.21. The van der Waals surface area contributed by atoms with Crippen molar-refractivity contribution >= 4 is 0 Å². The van der Waals surface area contributed by atoms with E-state index in [0.717, 1.165) is 24.3 Å². The summed E-state index contributed by atoms with van der Waals surface area (Å²) >= 11 is 0. The van der Waals surface area contributed by atoms with Crippen LogP contribution < -0.4 is 5.32 Å². The Morgan fingerprint density at radius 2 is 2.22 bits per heavy atom. The molecule has 0 aromatic carbocycles. The zero-order valence-corrected chi connectivity index (χ0v) is 12.0. The zero-order valence-electron chi connectivity index (χ0n) is 12.0. The van der Waals surface area contributed by atoms with Gasteiger partial charge in [-0.2, -0.15) is 5.10 Å². The van der Waals surface area contributed by atoms with Gasteiger partial charge in [-0.1, -0.05) is 20.8 Å². The number of fused-ring (bicyclic) bond motifs is 2. The average molecular weight is 247 g/mol. The van der Waals surface area contributed by atoms with Gasteiger partial charge in [-0.25, -0.2) is 0 Å². The third-order valence-corrected chi connectivity index (χ3v) is 5.84. The van der Waals surface area contributed by atoms with E-state index in [9.17, 15) is 0 Å². The molecule has 3 saturated carbocycles. The summed E-state index contributed by atoms with van der Waals surface area (Å²) in [6.07, 6.45) is 4.75. The maximum absolute atomic E-state index is 4.09. The van der Waals surface area contributed by atoms with Crippen LogP contribution in [0.5, 0.6) is 0 Å². The van der Waals surface area contributed by atoms with Gasteiger partial charge in [0.05, 0.1) is 6.20 Å². The van der Waals surface area contributed by atoms with Crippen molar-refractivity contribution in [1.29, 1.82) is 0 Å². The third-order valence-electron chi connectivity index (χ3n) is 5.84. The summed E-state index contributed by atoms with van der Waals surface area (Å²) in [5.74, 6) is 2.65. The molecule has 3 aliphatic rings. The lowest BCUT2D eigenvalue weighted by atomic mass is 9.45. The van der Waals surface area contributed by atoms with Crippen LogP contribution in [0, 0.1) is 30.1 Å². The first kappa shape index (κ1) is 12.2. The van der Waals surface area contributed by atoms with E-state index in [1.165, 1.54) is 24.1 Å². The SMILES string of the molecule is Cc1[nH]ncc1CN[C@@H]1C[C@H]2C[C@@H]([C@H]1C)C2(C)C. The number of hydrogen-bond donors (Lipinski definition) is 2. The van der Waals surface area contributed by atoms with Crippen LogP contribution in [0.1, 0.15) is 44.9 Å². The monoisotopic (exact) mass is 247 g/mol. The molecular formula is C15H25N3. The van der Waals surface area contributed by atoms with Crippen molar-refractivity contribution in [2.75, 3.05) is 0 Å². The molecule has 3 fully saturated rings. The van der Waals surface area contributed by atoms with Crippen LogP contribution in [-0.4, -0.2) is 16.2 Å². The normalized spacial score (nSPS) is 37.3. The van der Waals surface area contributed by atoms with Crippen LogP contribution in [0.3, 0.4) is 0 Å². The standard InChI is InChI=1S/C15H25N3/c1-9-13-5-12(15(13,3)4)6-14(9)16-7-11-8-17-18-10(11)2/h8-9,12-14,16H,5-7H2,1-4H3,(H,17,18)/t9-,12-,13+,14-/m1/s1. The maximum Gasteiger partial charge on any atom is 0.0535 e. The number of aromatic amines is 1. The van der Waals surface area contributed by atoms with Gasteiger partial charge < -0.3 is 5.32 Å². The quantitative estimate of drug-likeness (QED) is 0.862. The van der Waals surface area contributed by atoms with E-state index in [1.807, 2.05) is 6.20 Å². The molecule has 18 heavy (non-hydrogen) atoms. The Morgan fingerprint density at radius 3 is 2.78 bits per heavy atom. The summed E-state index contributed by atoms with van der Waals surface area (Å²) in [4.78, 5) is 0. The lowest BCUT2D eigenvalue weighted by Gasteiger charge is -2.62. The number of aryl methyl sites for hydroxylation is 1. The van der Waals surface area contributed by atoms with Gasteiger partial charge in [0.2, 0.25) is 0 Å². The second kappa shape index (κ2) is 4.09. The molecule has 1 aromatic rings. The number of nitrogens with zero attached hydrogens (tertiary/aromatic N) is 1. The van der Waals surface area contributed by atoms with Crippen LogP contribution in [-0.2, 0) is 6.54 Å². The first-order valence-electron chi connectivity index (χ1n) is 7.22. The van der Waals surface area contributed by atoms with Gasteiger partial charge in [-0.15, -0.1) is 0 Å². The van der Waals surface area contributed by atoms with Crippen molar-refractivity contribution in [3.8, 4) is 0 Å². The van der Waals surface area contributed by atoms with Crippen LogP contribution >= 0.6 is 0 Å². The van der Waals surface area contributed by atoms with E-state index in [-0.39, 0.29) is 0 Å². The van der Waals surface area contributed by atoms with Crippen LogP contribution in [0.15, 0.2) is 6.20 Å². The molecular weight excluding hydrogens is 222 g/mol. The molecule has 2 bridgehead atoms. The van der Waals surface area contributed by atoms with Crippen molar-refractivity contribution in [1.82, 2.24) is 15.5 Å². The summed E-state index contributed by atoms with van der Waals surface area (Å²) in [7, 11) is 0. The molecule has 0 amide bonds. The van der Waals surface area contributed by atoms with Gasteiger partial charge in [-0.3, -0.25) is 5.10 Å². The van der Waals surface area contributed by atoms with Crippen molar-refractivity contribution in [2.45, 2.75) is 53.1 Å². The Labute approximate surface area is 110 Å². The van der Waals surface area contributed by atoms with Crippen molar-refractivity contribution < 1.29 is 0 Å². The molecule has 0 radical (unpaired) electrons. The van der Waals surface area contributed by atoms with Crippen LogP contribution in [0.25, 0.3) is 0 Å². The van der Waals surface area contributed by atoms with E-state index in [2.05, 4.69) is 43.2 Å². The van der Waals surface area contributed by atoms with Crippen molar-refractivity contribution in [2.24, 2.45) is 23.2 Å². The maximum atomic E-state index is 4.09. The number of nitrogens with one attached hydrogen (secondary N) is 2. The third kappa shape index (κ3) is 1.71. The van der Waals surface area contributed by atoms with E-state index >= 15 is 0 Å². The highest BCUT2D eigenvalue weighted by Gasteiger charge is 2.55. The van der Waals surface area contributed by atoms with E-state index in [4.69, 9.17) is 0 Å². The molecule has 0 saturated heterocycles. The Kier molecular flexibility index (Phi) is 2.77. The Bertz CT molecular complexity index is 435. The van der Waals surface area contributed by atoms with Gasteiger partial charge in [-0.05, 0) is 42.9 Å². The summed E-state index contributed by atoms with van der Waals surface area (Å²) in [5, 5.41) is 10.8. The van der Waals surface area contributed by atoms with Gasteiger partial charge in [0.1, 0.15) is 0 Å². The lowest BCUT2D eigenvalue weighted by molar-refractivity contribution is -0.115. The topological polar surface area (TPSA) is 40.7 Å². The highest BCUT2D eigenvalue weighted by Crippen LogP contribution is 2.61. The number of hydrogen-bond acceptors (Lipinski definition) is 2. The second-order valence-corrected chi connectivity index (χ2v) is 6.96. The number of aromatic nitrogens is 2. The predicted molar refractivity (Wildman–Crippen MR) is 73.1 cm³/mol. The fourth-order valence-corrected chi connectivity index (χ4v) is 4.21. The minimum absolute atomic E-state index is 0.586. The molecule has 0 aliphatic heterocycles. The zero-order chi connectivity index (χ0) is 12.9. The molecule has 3 aliphatic carbocycles. The largest absolute Gasteiger partial charge is 0.310 e. The molecule has 1 aromatic heterocycles. The van der Waals surface area contributed by atoms with E-state index in [0.29, 0.717) is 11.5 Å². The van der Waals surface area contributed by atoms with E-state index in [1.54, 1.807) is 0 Å². The molecule has 2 N–H and O–H groups in total. The predicted octanol–water partition coefficient (Wildman–Crippen LogP) is 2.88. The number of rotatable bonds is 3. The highest BCUT2D eigenvalue weighted by molar-refractivity contribution is 5.14. The summed E-state index contributed by atoms with van der Waals surface area (Å²) < 4.78 is 0. The van der Waals surface area contributed by atoms with Crippen molar-refractivity contribution in [3.05, 3.63) is 17.5 Å². The van der Waals surface area contributed by atoms with E-state index < -0.39 is 0 Å². The Balaban J connectivity index is 1.61. The van der Waals surface area contributed by atoms with Crippen molar-refractivity contribution in [3.63, 3.8) is 0 Å². The van der Waals surface area contributed by atoms with Crippen LogP contribution in [0.4, 0.5) is 0 Å². The molecule has 3 nitrogen and oxygen atoms in total. The second-order valence-electron chi connectivity index (χ2n) is 6.96. The van der Waals surface area contributed by atoms with Gasteiger partial charge in [0, 0.05) is 23.8 Å². The first-order valence-corrected chi connectivity index (χ1v) is 7.22. The molecule has 4 rings (SSSR count). The molecule has 100 valence electrons. The first-order chi connectivity index (χ1) is 8.50. The summed E-state index contributed by atoms with van der Waals surface area (Å²) in [6, 6.07) is 0.691. The van der Waals surface area contributed by atoms with Gasteiger partial charge in [0.25, 0.3) is 0 Å². The Morgan fingerprint density at radius 1 is 1.44 bits per heavy atom. The Hall–Kier alpha value is -0.830. The van der Waals surface area contributed by atoms with Gasteiger partial charge in [0.15, 0.2) is 0 Å². The average Bonchev–Trinajstić information content (AvgIpc) is 2.73. The molecule has 4 atom stereocenters. The summed E-state index contributed by atoms with van der Waals surface area (Å²) in [5.41, 5.74) is 3.08. The summed E-state index contributed by atoms with van der Waals surface area (Å²) in [6.45, 7) is 10.4. The lowest BCUT2D eigenvalue weighted by Crippen LogP contribution is -2.59. The minimum atomic E-state index is 0.586. The smallest absolute Gasteiger partial charge is 0.0535 e. The molecule has 0 spiro atoms. The molecule has 3 heteroatoms. The van der Waals surface area contributed by atoms with Crippen LogP contribution in [0.2, 0.25) is 0 Å². The fraction of sp³-hybridized carbons (Fsp3) is 0.800. The molecule has 1 heterocycles. The number of H-pyrrole nitrogens is 1. The highest BCUT2D eigenvalue weighted by atomic mass is 15.1. The molecule has 0 unspecified atom stereocenters.